The van der Waals surface area contributed by atoms with Crippen molar-refractivity contribution in [3.8, 4) is 0 Å². The molecule has 1 heterocycles. The van der Waals surface area contributed by atoms with Crippen molar-refractivity contribution in [1.82, 2.24) is 10.3 Å². The van der Waals surface area contributed by atoms with Crippen molar-refractivity contribution in [2.75, 3.05) is 0 Å². The Bertz CT molecular complexity index is 1310. The summed E-state index contributed by atoms with van der Waals surface area (Å²) in [6, 6.07) is 15.4. The summed E-state index contributed by atoms with van der Waals surface area (Å²) in [7, 11) is -4.44. The number of nitrogens with zero attached hydrogens (tertiary/aromatic N) is 1. The summed E-state index contributed by atoms with van der Waals surface area (Å²) in [6.45, 7) is 7.16. The molecule has 186 valence electrons. The molecule has 9 heteroatoms. The Balaban J connectivity index is 2.06. The highest BCUT2D eigenvalue weighted by atomic mass is 35.5. The summed E-state index contributed by atoms with van der Waals surface area (Å²) in [5, 5.41) is 3.27. The topological polar surface area (TPSA) is 106 Å². The number of alkyl carbamates (subject to hydrolysis) is 1. The van der Waals surface area contributed by atoms with Crippen LogP contribution in [0.2, 0.25) is 5.02 Å². The van der Waals surface area contributed by atoms with E-state index in [0.717, 1.165) is 11.1 Å². The van der Waals surface area contributed by atoms with Crippen molar-refractivity contribution in [3.63, 3.8) is 0 Å². The lowest BCUT2D eigenvalue weighted by molar-refractivity contribution is 0.0502. The molecule has 0 fully saturated rings. The van der Waals surface area contributed by atoms with Crippen molar-refractivity contribution in [1.29, 1.82) is 0 Å². The Labute approximate surface area is 211 Å². The molecule has 0 spiro atoms. The average molecular weight is 517 g/mol. The number of rotatable bonds is 7. The van der Waals surface area contributed by atoms with Crippen LogP contribution in [0.5, 0.6) is 0 Å². The molecule has 0 radical (unpaired) electrons. The van der Waals surface area contributed by atoms with Gasteiger partial charge in [-0.3, -0.25) is 9.54 Å². The predicted octanol–water partition coefficient (Wildman–Crippen LogP) is 5.69. The maximum atomic E-state index is 12.7. The fourth-order valence-corrected chi connectivity index (χ4v) is 4.65. The van der Waals surface area contributed by atoms with Crippen LogP contribution >= 0.6 is 11.6 Å². The molecule has 3 aromatic rings. The van der Waals surface area contributed by atoms with Gasteiger partial charge in [-0.25, -0.2) is 4.79 Å². The van der Waals surface area contributed by atoms with Gasteiger partial charge in [-0.2, -0.15) is 8.42 Å². The van der Waals surface area contributed by atoms with Crippen molar-refractivity contribution >= 4 is 27.8 Å². The van der Waals surface area contributed by atoms with Crippen LogP contribution in [0.3, 0.4) is 0 Å². The number of benzene rings is 2. The Morgan fingerprint density at radius 1 is 1.11 bits per heavy atom. The molecule has 1 amide bonds. The van der Waals surface area contributed by atoms with E-state index in [1.165, 1.54) is 12.3 Å². The number of hydrogen-bond acceptors (Lipinski definition) is 5. The van der Waals surface area contributed by atoms with Gasteiger partial charge in [0.15, 0.2) is 0 Å². The minimum absolute atomic E-state index is 0.126. The normalized spacial score (nSPS) is 12.7. The maximum Gasteiger partial charge on any atom is 0.408 e. The van der Waals surface area contributed by atoms with Crippen molar-refractivity contribution in [2.45, 2.75) is 57.1 Å². The first-order valence-corrected chi connectivity index (χ1v) is 12.9. The molecule has 0 bridgehead atoms. The number of aryl methyl sites for hydroxylation is 1. The molecule has 0 aliphatic carbocycles. The van der Waals surface area contributed by atoms with E-state index in [2.05, 4.69) is 10.3 Å². The van der Waals surface area contributed by atoms with E-state index < -0.39 is 27.9 Å². The lowest BCUT2D eigenvalue weighted by Crippen LogP contribution is -2.36. The van der Waals surface area contributed by atoms with Gasteiger partial charge in [-0.05, 0) is 62.9 Å². The first-order valence-electron chi connectivity index (χ1n) is 11.1. The molecule has 0 unspecified atom stereocenters. The van der Waals surface area contributed by atoms with Crippen molar-refractivity contribution in [2.24, 2.45) is 0 Å². The van der Waals surface area contributed by atoms with E-state index in [9.17, 15) is 17.8 Å². The molecule has 2 N–H and O–H groups in total. The van der Waals surface area contributed by atoms with Gasteiger partial charge in [0, 0.05) is 12.6 Å². The minimum Gasteiger partial charge on any atom is -0.444 e. The fraction of sp³-hybridized carbons (Fsp3) is 0.308. The van der Waals surface area contributed by atoms with Crippen LogP contribution in [0, 0.1) is 6.92 Å². The molecule has 0 saturated heterocycles. The summed E-state index contributed by atoms with van der Waals surface area (Å²) in [5.74, 6) is 0. The molecular weight excluding hydrogens is 488 g/mol. The third-order valence-corrected chi connectivity index (χ3v) is 6.31. The standard InChI is InChI=1S/C26H29ClN2O5S/c1-17-10-11-23(35(31,32)33)19(12-17)14-20-15-21(27)16-28-24(20)22(13-18-8-6-5-7-9-18)29-25(30)34-26(2,3)4/h5-12,15-16,22H,13-14H2,1-4H3,(H,29,30)(H,31,32,33)/t22-/m0/s1. The lowest BCUT2D eigenvalue weighted by atomic mass is 9.95. The predicted molar refractivity (Wildman–Crippen MR) is 135 cm³/mol. The molecular formula is C26H29ClN2O5S. The van der Waals surface area contributed by atoms with Gasteiger partial charge in [-0.1, -0.05) is 59.6 Å². The average Bonchev–Trinajstić information content (AvgIpc) is 2.72. The van der Waals surface area contributed by atoms with Gasteiger partial charge < -0.3 is 10.1 Å². The van der Waals surface area contributed by atoms with Gasteiger partial charge in [0.1, 0.15) is 5.60 Å². The van der Waals surface area contributed by atoms with Gasteiger partial charge in [-0.15, -0.1) is 0 Å². The molecule has 7 nitrogen and oxygen atoms in total. The number of carbonyl (C=O) groups is 1. The minimum atomic E-state index is -4.44. The van der Waals surface area contributed by atoms with E-state index in [1.54, 1.807) is 39.0 Å². The second-order valence-electron chi connectivity index (χ2n) is 9.35. The number of aromatic nitrogens is 1. The molecule has 3 rings (SSSR count). The van der Waals surface area contributed by atoms with Crippen LogP contribution < -0.4 is 5.32 Å². The Morgan fingerprint density at radius 3 is 2.43 bits per heavy atom. The smallest absolute Gasteiger partial charge is 0.408 e. The van der Waals surface area contributed by atoms with Gasteiger partial charge in [0.2, 0.25) is 0 Å². The zero-order chi connectivity index (χ0) is 25.8. The number of amides is 1. The molecule has 1 atom stereocenters. The maximum absolute atomic E-state index is 12.7. The highest BCUT2D eigenvalue weighted by molar-refractivity contribution is 7.85. The molecule has 0 aliphatic rings. The van der Waals surface area contributed by atoms with Crippen LogP contribution in [-0.2, 0) is 27.7 Å². The summed E-state index contributed by atoms with van der Waals surface area (Å²) >= 11 is 6.26. The van der Waals surface area contributed by atoms with E-state index in [0.29, 0.717) is 28.3 Å². The fourth-order valence-electron chi connectivity index (χ4n) is 3.77. The van der Waals surface area contributed by atoms with E-state index in [-0.39, 0.29) is 11.3 Å². The van der Waals surface area contributed by atoms with Crippen molar-refractivity contribution in [3.05, 3.63) is 93.8 Å². The van der Waals surface area contributed by atoms with E-state index in [1.807, 2.05) is 37.3 Å². The number of ether oxygens (including phenoxy) is 1. The van der Waals surface area contributed by atoms with Gasteiger partial charge >= 0.3 is 6.09 Å². The molecule has 2 aromatic carbocycles. The summed E-state index contributed by atoms with van der Waals surface area (Å²) in [6.07, 6.45) is 1.42. The van der Waals surface area contributed by atoms with Gasteiger partial charge in [0.05, 0.1) is 21.7 Å². The monoisotopic (exact) mass is 516 g/mol. The summed E-state index contributed by atoms with van der Waals surface area (Å²) in [5.41, 5.74) is 2.64. The molecule has 0 saturated carbocycles. The highest BCUT2D eigenvalue weighted by Gasteiger charge is 2.25. The number of hydrogen-bond donors (Lipinski definition) is 2. The Kier molecular flexibility index (Phi) is 8.20. The third kappa shape index (κ3) is 7.78. The summed E-state index contributed by atoms with van der Waals surface area (Å²) < 4.78 is 39.2. The van der Waals surface area contributed by atoms with Crippen LogP contribution in [0.4, 0.5) is 4.79 Å². The first-order chi connectivity index (χ1) is 16.3. The number of halogens is 1. The van der Waals surface area contributed by atoms with Crippen molar-refractivity contribution < 1.29 is 22.5 Å². The van der Waals surface area contributed by atoms with Gasteiger partial charge in [0.25, 0.3) is 10.1 Å². The Hall–Kier alpha value is -2.94. The Morgan fingerprint density at radius 2 is 1.80 bits per heavy atom. The number of carbonyl (C=O) groups excluding carboxylic acids is 1. The third-order valence-electron chi connectivity index (χ3n) is 5.15. The number of nitrogens with one attached hydrogen (secondary N) is 1. The molecule has 0 aliphatic heterocycles. The first kappa shape index (κ1) is 26.7. The lowest BCUT2D eigenvalue weighted by Gasteiger charge is -2.25. The zero-order valence-electron chi connectivity index (χ0n) is 20.1. The van der Waals surface area contributed by atoms with E-state index >= 15 is 0 Å². The second-order valence-corrected chi connectivity index (χ2v) is 11.2. The SMILES string of the molecule is Cc1ccc(S(=O)(=O)O)c(Cc2cc(Cl)cnc2[C@H](Cc2ccccc2)NC(=O)OC(C)(C)C)c1. The second kappa shape index (κ2) is 10.8. The van der Waals surface area contributed by atoms with Crippen LogP contribution in [-0.4, -0.2) is 29.6 Å². The van der Waals surface area contributed by atoms with Crippen LogP contribution in [0.1, 0.15) is 54.8 Å². The largest absolute Gasteiger partial charge is 0.444 e. The zero-order valence-corrected chi connectivity index (χ0v) is 21.7. The highest BCUT2D eigenvalue weighted by Crippen LogP contribution is 2.28. The van der Waals surface area contributed by atoms with Crippen LogP contribution in [0.25, 0.3) is 0 Å². The summed E-state index contributed by atoms with van der Waals surface area (Å²) in [4.78, 5) is 17.0. The molecule has 1 aromatic heterocycles. The van der Waals surface area contributed by atoms with E-state index in [4.69, 9.17) is 16.3 Å². The molecule has 35 heavy (non-hydrogen) atoms. The number of pyridine rings is 1. The van der Waals surface area contributed by atoms with Crippen LogP contribution in [0.15, 0.2) is 65.7 Å². The quantitative estimate of drug-likeness (QED) is 0.391.